The summed E-state index contributed by atoms with van der Waals surface area (Å²) in [5.74, 6) is -0.199. The van der Waals surface area contributed by atoms with Gasteiger partial charge in [-0.1, -0.05) is 6.07 Å². The molecular weight excluding hydrogens is 340 g/mol. The Morgan fingerprint density at radius 1 is 0.963 bits per heavy atom. The Kier molecular flexibility index (Phi) is 4.32. The maximum atomic E-state index is 12.5. The van der Waals surface area contributed by atoms with Gasteiger partial charge in [-0.2, -0.15) is 0 Å². The van der Waals surface area contributed by atoms with Crippen molar-refractivity contribution < 1.29 is 9.59 Å². The summed E-state index contributed by atoms with van der Waals surface area (Å²) >= 11 is 0. The van der Waals surface area contributed by atoms with E-state index in [4.69, 9.17) is 0 Å². The number of aromatic nitrogens is 1. The van der Waals surface area contributed by atoms with Crippen LogP contribution in [-0.2, 0) is 0 Å². The van der Waals surface area contributed by atoms with Crippen LogP contribution in [0.5, 0.6) is 0 Å². The second-order valence-electron chi connectivity index (χ2n) is 7.13. The molecule has 6 nitrogen and oxygen atoms in total. The quantitative estimate of drug-likeness (QED) is 0.557. The molecule has 0 atom stereocenters. The van der Waals surface area contributed by atoms with Crippen molar-refractivity contribution in [2.75, 3.05) is 10.6 Å². The van der Waals surface area contributed by atoms with Crippen LogP contribution in [0.2, 0.25) is 0 Å². The summed E-state index contributed by atoms with van der Waals surface area (Å²) in [4.78, 5) is 27.5. The van der Waals surface area contributed by atoms with E-state index in [1.54, 1.807) is 24.3 Å². The highest BCUT2D eigenvalue weighted by Gasteiger charge is 2.23. The van der Waals surface area contributed by atoms with Crippen molar-refractivity contribution >= 4 is 34.2 Å². The largest absolute Gasteiger partial charge is 0.351 e. The van der Waals surface area contributed by atoms with Gasteiger partial charge in [-0.3, -0.25) is 4.79 Å². The highest BCUT2D eigenvalue weighted by molar-refractivity contribution is 6.06. The third kappa shape index (κ3) is 3.95. The normalized spacial score (nSPS) is 13.4. The molecule has 0 aliphatic heterocycles. The highest BCUT2D eigenvalue weighted by atomic mass is 16.2. The molecule has 138 valence electrons. The van der Waals surface area contributed by atoms with E-state index in [0.29, 0.717) is 23.1 Å². The number of fused-ring (bicyclic) bond motifs is 1. The van der Waals surface area contributed by atoms with Gasteiger partial charge in [0.1, 0.15) is 5.69 Å². The van der Waals surface area contributed by atoms with Gasteiger partial charge in [-0.05, 0) is 74.2 Å². The molecule has 1 fully saturated rings. The zero-order valence-electron chi connectivity index (χ0n) is 15.3. The van der Waals surface area contributed by atoms with Crippen molar-refractivity contribution in [3.63, 3.8) is 0 Å². The van der Waals surface area contributed by atoms with Crippen molar-refractivity contribution in [1.82, 2.24) is 10.3 Å². The summed E-state index contributed by atoms with van der Waals surface area (Å²) < 4.78 is 0. The predicted octanol–water partition coefficient (Wildman–Crippen LogP) is 4.32. The molecule has 0 bridgehead atoms. The number of hydrogen-bond acceptors (Lipinski definition) is 2. The van der Waals surface area contributed by atoms with Crippen molar-refractivity contribution in [3.05, 3.63) is 59.3 Å². The van der Waals surface area contributed by atoms with Gasteiger partial charge >= 0.3 is 6.03 Å². The molecule has 1 saturated carbocycles. The lowest BCUT2D eigenvalue weighted by molar-refractivity contribution is 0.102. The lowest BCUT2D eigenvalue weighted by atomic mass is 10.1. The molecule has 0 radical (unpaired) electrons. The smallest absolute Gasteiger partial charge is 0.319 e. The number of amides is 3. The zero-order chi connectivity index (χ0) is 19.0. The van der Waals surface area contributed by atoms with Gasteiger partial charge in [0.15, 0.2) is 0 Å². The third-order valence-electron chi connectivity index (χ3n) is 4.65. The summed E-state index contributed by atoms with van der Waals surface area (Å²) in [6.07, 6.45) is 2.09. The Labute approximate surface area is 157 Å². The standard InChI is InChI=1S/C21H22N4O2/c1-12-9-13(2)17-11-19(25-18(17)10-12)20(26)22-14-3-5-15(6-4-14)23-21(27)24-16-7-8-16/h3-6,9-11,16,25H,7-8H2,1-2H3,(H,22,26)(H2,23,24,27). The number of anilines is 2. The van der Waals surface area contributed by atoms with E-state index in [0.717, 1.165) is 34.9 Å². The molecule has 0 spiro atoms. The number of H-pyrrole nitrogens is 1. The van der Waals surface area contributed by atoms with Gasteiger partial charge in [0.2, 0.25) is 0 Å². The summed E-state index contributed by atoms with van der Waals surface area (Å²) in [7, 11) is 0. The lowest BCUT2D eigenvalue weighted by Crippen LogP contribution is -2.30. The highest BCUT2D eigenvalue weighted by Crippen LogP contribution is 2.23. The fourth-order valence-corrected chi connectivity index (χ4v) is 3.14. The van der Waals surface area contributed by atoms with Crippen LogP contribution in [0, 0.1) is 13.8 Å². The molecule has 1 heterocycles. The fourth-order valence-electron chi connectivity index (χ4n) is 3.14. The van der Waals surface area contributed by atoms with Gasteiger partial charge in [0, 0.05) is 28.3 Å². The van der Waals surface area contributed by atoms with Gasteiger partial charge in [-0.15, -0.1) is 0 Å². The summed E-state index contributed by atoms with van der Waals surface area (Å²) in [5.41, 5.74) is 5.12. The van der Waals surface area contributed by atoms with Crippen LogP contribution in [0.3, 0.4) is 0 Å². The second kappa shape index (κ2) is 6.79. The topological polar surface area (TPSA) is 86.0 Å². The van der Waals surface area contributed by atoms with E-state index in [1.807, 2.05) is 26.0 Å². The molecule has 0 saturated heterocycles. The third-order valence-corrected chi connectivity index (χ3v) is 4.65. The molecule has 27 heavy (non-hydrogen) atoms. The van der Waals surface area contributed by atoms with Crippen LogP contribution in [-0.4, -0.2) is 23.0 Å². The molecule has 2 aromatic carbocycles. The molecule has 3 aromatic rings. The van der Waals surface area contributed by atoms with Crippen LogP contribution in [0.4, 0.5) is 16.2 Å². The van der Waals surface area contributed by atoms with Gasteiger partial charge in [0.25, 0.3) is 5.91 Å². The first kappa shape index (κ1) is 17.1. The van der Waals surface area contributed by atoms with E-state index in [9.17, 15) is 9.59 Å². The monoisotopic (exact) mass is 362 g/mol. The van der Waals surface area contributed by atoms with Crippen LogP contribution in [0.25, 0.3) is 10.9 Å². The van der Waals surface area contributed by atoms with E-state index in [-0.39, 0.29) is 11.9 Å². The van der Waals surface area contributed by atoms with Crippen molar-refractivity contribution in [2.24, 2.45) is 0 Å². The van der Waals surface area contributed by atoms with Gasteiger partial charge in [0.05, 0.1) is 0 Å². The minimum absolute atomic E-state index is 0.196. The molecule has 4 rings (SSSR count). The summed E-state index contributed by atoms with van der Waals surface area (Å²) in [5, 5.41) is 9.58. The minimum atomic E-state index is -0.199. The number of carbonyl (C=O) groups excluding carboxylic acids is 2. The fraction of sp³-hybridized carbons (Fsp3) is 0.238. The van der Waals surface area contributed by atoms with Crippen molar-refractivity contribution in [3.8, 4) is 0 Å². The Balaban J connectivity index is 1.43. The summed E-state index contributed by atoms with van der Waals surface area (Å²) in [6, 6.07) is 13.2. The van der Waals surface area contributed by atoms with E-state index < -0.39 is 0 Å². The maximum absolute atomic E-state index is 12.5. The first-order chi connectivity index (χ1) is 13.0. The molecule has 6 heteroatoms. The predicted molar refractivity (Wildman–Crippen MR) is 107 cm³/mol. The lowest BCUT2D eigenvalue weighted by Gasteiger charge is -2.08. The van der Waals surface area contributed by atoms with Crippen LogP contribution in [0.15, 0.2) is 42.5 Å². The molecule has 1 aliphatic rings. The molecule has 1 aromatic heterocycles. The van der Waals surface area contributed by atoms with Gasteiger partial charge < -0.3 is 20.9 Å². The Morgan fingerprint density at radius 2 is 1.63 bits per heavy atom. The molecule has 0 unspecified atom stereocenters. The first-order valence-electron chi connectivity index (χ1n) is 9.07. The summed E-state index contributed by atoms with van der Waals surface area (Å²) in [6.45, 7) is 4.07. The Bertz CT molecular complexity index is 1020. The molecule has 1 aliphatic carbocycles. The number of hydrogen-bond donors (Lipinski definition) is 4. The molecular formula is C21H22N4O2. The maximum Gasteiger partial charge on any atom is 0.319 e. The van der Waals surface area contributed by atoms with Crippen LogP contribution in [0.1, 0.15) is 34.5 Å². The number of nitrogens with one attached hydrogen (secondary N) is 4. The Morgan fingerprint density at radius 3 is 2.30 bits per heavy atom. The number of carbonyl (C=O) groups is 2. The number of urea groups is 1. The van der Waals surface area contributed by atoms with Crippen LogP contribution >= 0.6 is 0 Å². The minimum Gasteiger partial charge on any atom is -0.351 e. The van der Waals surface area contributed by atoms with Crippen molar-refractivity contribution in [1.29, 1.82) is 0 Å². The van der Waals surface area contributed by atoms with E-state index in [1.165, 1.54) is 0 Å². The first-order valence-corrected chi connectivity index (χ1v) is 9.07. The van der Waals surface area contributed by atoms with Crippen LogP contribution < -0.4 is 16.0 Å². The zero-order valence-corrected chi connectivity index (χ0v) is 15.3. The van der Waals surface area contributed by atoms with Gasteiger partial charge in [-0.25, -0.2) is 4.79 Å². The SMILES string of the molecule is Cc1cc(C)c2cc(C(=O)Nc3ccc(NC(=O)NC4CC4)cc3)[nH]c2c1. The van der Waals surface area contributed by atoms with E-state index in [2.05, 4.69) is 27.0 Å². The number of aromatic amines is 1. The number of rotatable bonds is 4. The number of benzene rings is 2. The average molecular weight is 362 g/mol. The number of aryl methyl sites for hydroxylation is 2. The van der Waals surface area contributed by atoms with E-state index >= 15 is 0 Å². The van der Waals surface area contributed by atoms with Crippen molar-refractivity contribution in [2.45, 2.75) is 32.7 Å². The molecule has 3 amide bonds. The Hall–Kier alpha value is -3.28. The second-order valence-corrected chi connectivity index (χ2v) is 7.13. The molecule has 4 N–H and O–H groups in total. The average Bonchev–Trinajstić information content (AvgIpc) is 3.31.